The number of carboxylic acid groups (broad SMARTS) is 1. The van der Waals surface area contributed by atoms with Crippen LogP contribution in [0.1, 0.15) is 51.2 Å². The third kappa shape index (κ3) is 4.39. The molecule has 2 aliphatic carbocycles. The first-order valence-corrected chi connectivity index (χ1v) is 11.7. The molecule has 0 bridgehead atoms. The molecule has 4 rings (SSSR count). The van der Waals surface area contributed by atoms with Gasteiger partial charge in [0.1, 0.15) is 6.61 Å². The molecule has 0 saturated heterocycles. The van der Waals surface area contributed by atoms with Gasteiger partial charge in [-0.25, -0.2) is 4.79 Å². The molecular formula is C27H32N2O5. The van der Waals surface area contributed by atoms with Gasteiger partial charge in [-0.2, -0.15) is 0 Å². The fraction of sp³-hybridized carbons (Fsp3) is 0.444. The summed E-state index contributed by atoms with van der Waals surface area (Å²) in [6, 6.07) is 16.3. The minimum absolute atomic E-state index is 0.0320. The summed E-state index contributed by atoms with van der Waals surface area (Å²) in [6.07, 6.45) is -0.00174. The first kappa shape index (κ1) is 23.8. The van der Waals surface area contributed by atoms with Crippen molar-refractivity contribution in [3.63, 3.8) is 0 Å². The molecular weight excluding hydrogens is 432 g/mol. The van der Waals surface area contributed by atoms with E-state index in [0.29, 0.717) is 13.0 Å². The molecule has 7 nitrogen and oxygen atoms in total. The molecule has 2 aliphatic rings. The van der Waals surface area contributed by atoms with E-state index in [2.05, 4.69) is 34.9 Å². The van der Waals surface area contributed by atoms with Crippen molar-refractivity contribution in [3.05, 3.63) is 59.7 Å². The second-order valence-electron chi connectivity index (χ2n) is 10.4. The number of nitrogens with one attached hydrogen (secondary N) is 2. The van der Waals surface area contributed by atoms with Gasteiger partial charge in [-0.05, 0) is 62.3 Å². The molecule has 0 aromatic heterocycles. The van der Waals surface area contributed by atoms with Crippen molar-refractivity contribution in [3.8, 4) is 11.1 Å². The molecule has 2 aromatic rings. The zero-order valence-corrected chi connectivity index (χ0v) is 20.1. The largest absolute Gasteiger partial charge is 0.481 e. The van der Waals surface area contributed by atoms with Crippen molar-refractivity contribution in [2.45, 2.75) is 45.6 Å². The predicted molar refractivity (Wildman–Crippen MR) is 128 cm³/mol. The fourth-order valence-corrected chi connectivity index (χ4v) is 4.55. The number of benzene rings is 2. The minimum Gasteiger partial charge on any atom is -0.481 e. The Balaban J connectivity index is 1.36. The Kier molecular flexibility index (Phi) is 6.14. The number of hydrogen-bond acceptors (Lipinski definition) is 4. The summed E-state index contributed by atoms with van der Waals surface area (Å²) in [5.41, 5.74) is 2.73. The van der Waals surface area contributed by atoms with E-state index in [1.807, 2.05) is 24.3 Å². The lowest BCUT2D eigenvalue weighted by Crippen LogP contribution is -2.59. The number of carbonyl (C=O) groups is 3. The van der Waals surface area contributed by atoms with E-state index in [9.17, 15) is 14.4 Å². The zero-order valence-electron chi connectivity index (χ0n) is 20.1. The zero-order chi connectivity index (χ0) is 24.7. The van der Waals surface area contributed by atoms with Crippen LogP contribution in [0.15, 0.2) is 48.5 Å². The molecule has 1 fully saturated rings. The summed E-state index contributed by atoms with van der Waals surface area (Å²) in [4.78, 5) is 36.7. The number of hydrogen-bond donors (Lipinski definition) is 3. The van der Waals surface area contributed by atoms with Gasteiger partial charge in [0.2, 0.25) is 5.91 Å². The van der Waals surface area contributed by atoms with Gasteiger partial charge >= 0.3 is 12.1 Å². The predicted octanol–water partition coefficient (Wildman–Crippen LogP) is 4.17. The third-order valence-corrected chi connectivity index (χ3v) is 7.65. The first-order chi connectivity index (χ1) is 16.0. The van der Waals surface area contributed by atoms with Crippen LogP contribution in [0.4, 0.5) is 4.79 Å². The van der Waals surface area contributed by atoms with E-state index in [0.717, 1.165) is 22.3 Å². The van der Waals surface area contributed by atoms with E-state index in [4.69, 9.17) is 9.84 Å². The maximum Gasteiger partial charge on any atom is 0.407 e. The average molecular weight is 465 g/mol. The van der Waals surface area contributed by atoms with E-state index in [1.165, 1.54) is 0 Å². The van der Waals surface area contributed by atoms with Crippen LogP contribution in [-0.4, -0.2) is 41.8 Å². The Hall–Kier alpha value is -3.35. The van der Waals surface area contributed by atoms with Gasteiger partial charge < -0.3 is 20.5 Å². The van der Waals surface area contributed by atoms with Crippen molar-refractivity contribution in [2.75, 3.05) is 13.2 Å². The van der Waals surface area contributed by atoms with Gasteiger partial charge in [-0.15, -0.1) is 0 Å². The SMILES string of the molecule is CC(C)(NC(=O)OCC1c2ccccc2-c2ccccc21)C(C)(C)C(=O)NCC1CC1C(=O)O. The molecule has 0 aliphatic heterocycles. The number of carbonyl (C=O) groups excluding carboxylic acids is 2. The first-order valence-electron chi connectivity index (χ1n) is 11.7. The highest BCUT2D eigenvalue weighted by Gasteiger charge is 2.47. The van der Waals surface area contributed by atoms with E-state index < -0.39 is 23.0 Å². The van der Waals surface area contributed by atoms with Gasteiger partial charge in [0, 0.05) is 12.5 Å². The number of carboxylic acids is 1. The van der Waals surface area contributed by atoms with Crippen LogP contribution in [0.3, 0.4) is 0 Å². The minimum atomic E-state index is -0.952. The summed E-state index contributed by atoms with van der Waals surface area (Å²) in [5, 5.41) is 14.8. The summed E-state index contributed by atoms with van der Waals surface area (Å²) < 4.78 is 5.65. The molecule has 2 unspecified atom stereocenters. The lowest BCUT2D eigenvalue weighted by atomic mass is 9.73. The molecule has 0 heterocycles. The summed E-state index contributed by atoms with van der Waals surface area (Å²) in [7, 11) is 0. The molecule has 0 radical (unpaired) electrons. The number of alkyl carbamates (subject to hydrolysis) is 1. The maximum atomic E-state index is 12.9. The van der Waals surface area contributed by atoms with Crippen LogP contribution in [0.5, 0.6) is 0 Å². The van der Waals surface area contributed by atoms with Gasteiger partial charge in [-0.1, -0.05) is 48.5 Å². The topological polar surface area (TPSA) is 105 Å². The Labute approximate surface area is 199 Å². The summed E-state index contributed by atoms with van der Waals surface area (Å²) >= 11 is 0. The lowest BCUT2D eigenvalue weighted by Gasteiger charge is -2.40. The quantitative estimate of drug-likeness (QED) is 0.544. The van der Waals surface area contributed by atoms with Crippen molar-refractivity contribution in [1.82, 2.24) is 10.6 Å². The molecule has 2 aromatic carbocycles. The van der Waals surface area contributed by atoms with E-state index in [1.54, 1.807) is 27.7 Å². The Morgan fingerprint density at radius 1 is 0.971 bits per heavy atom. The second kappa shape index (κ2) is 8.78. The highest BCUT2D eigenvalue weighted by Crippen LogP contribution is 2.44. The number of amides is 2. The van der Waals surface area contributed by atoms with Crippen LogP contribution >= 0.6 is 0 Å². The molecule has 2 atom stereocenters. The van der Waals surface area contributed by atoms with Crippen LogP contribution < -0.4 is 10.6 Å². The molecule has 0 spiro atoms. The van der Waals surface area contributed by atoms with Crippen molar-refractivity contribution in [1.29, 1.82) is 0 Å². The number of fused-ring (bicyclic) bond motifs is 3. The molecule has 34 heavy (non-hydrogen) atoms. The molecule has 1 saturated carbocycles. The Morgan fingerprint density at radius 3 is 2.06 bits per heavy atom. The van der Waals surface area contributed by atoms with Crippen LogP contribution in [0.25, 0.3) is 11.1 Å². The Morgan fingerprint density at radius 2 is 1.53 bits per heavy atom. The van der Waals surface area contributed by atoms with Crippen LogP contribution in [0, 0.1) is 17.3 Å². The van der Waals surface area contributed by atoms with Gasteiger partial charge in [0.25, 0.3) is 0 Å². The van der Waals surface area contributed by atoms with Crippen LogP contribution in [-0.2, 0) is 14.3 Å². The number of rotatable bonds is 8. The van der Waals surface area contributed by atoms with E-state index in [-0.39, 0.29) is 30.3 Å². The van der Waals surface area contributed by atoms with Crippen molar-refractivity contribution < 1.29 is 24.2 Å². The smallest absolute Gasteiger partial charge is 0.407 e. The average Bonchev–Trinajstić information content (AvgIpc) is 3.51. The van der Waals surface area contributed by atoms with Gasteiger partial charge in [-0.3, -0.25) is 9.59 Å². The highest BCUT2D eigenvalue weighted by atomic mass is 16.5. The number of ether oxygens (including phenoxy) is 1. The molecule has 3 N–H and O–H groups in total. The van der Waals surface area contributed by atoms with Crippen LogP contribution in [0.2, 0.25) is 0 Å². The van der Waals surface area contributed by atoms with E-state index >= 15 is 0 Å². The standard InChI is InChI=1S/C27H32N2O5/c1-26(2,24(32)28-14-16-13-21(16)23(30)31)27(3,4)29-25(33)34-15-22-19-11-7-5-9-17(19)18-10-6-8-12-20(18)22/h5-12,16,21-22H,13-15H2,1-4H3,(H,28,32)(H,29,33)(H,30,31). The highest BCUT2D eigenvalue weighted by molar-refractivity contribution is 5.85. The fourth-order valence-electron chi connectivity index (χ4n) is 4.55. The molecule has 180 valence electrons. The normalized spacial score (nSPS) is 19.1. The summed E-state index contributed by atoms with van der Waals surface area (Å²) in [6.45, 7) is 7.60. The molecule has 7 heteroatoms. The van der Waals surface area contributed by atoms with Gasteiger partial charge in [0.05, 0.1) is 16.9 Å². The van der Waals surface area contributed by atoms with Crippen molar-refractivity contribution in [2.24, 2.45) is 17.3 Å². The second-order valence-corrected chi connectivity index (χ2v) is 10.4. The third-order valence-electron chi connectivity index (χ3n) is 7.65. The Bertz CT molecular complexity index is 1080. The maximum absolute atomic E-state index is 12.9. The summed E-state index contributed by atoms with van der Waals surface area (Å²) in [5.74, 6) is -1.52. The monoisotopic (exact) mass is 464 g/mol. The molecule has 2 amide bonds. The lowest BCUT2D eigenvalue weighted by molar-refractivity contribution is -0.139. The number of aliphatic carboxylic acids is 1. The van der Waals surface area contributed by atoms with Gasteiger partial charge in [0.15, 0.2) is 0 Å². The van der Waals surface area contributed by atoms with Crippen molar-refractivity contribution >= 4 is 18.0 Å².